The third kappa shape index (κ3) is 3.57. The van der Waals surface area contributed by atoms with Gasteiger partial charge in [-0.1, -0.05) is 18.2 Å². The summed E-state index contributed by atoms with van der Waals surface area (Å²) in [6.07, 6.45) is -1.17. The number of ether oxygens (including phenoxy) is 1. The molecule has 6 nitrogen and oxygen atoms in total. The van der Waals surface area contributed by atoms with Crippen molar-refractivity contribution < 1.29 is 17.9 Å². The van der Waals surface area contributed by atoms with Crippen LogP contribution in [0.3, 0.4) is 0 Å². The van der Waals surface area contributed by atoms with Crippen LogP contribution in [0.1, 0.15) is 23.7 Å². The lowest BCUT2D eigenvalue weighted by Gasteiger charge is -2.39. The lowest BCUT2D eigenvalue weighted by molar-refractivity contribution is -0.140. The van der Waals surface area contributed by atoms with Crippen LogP contribution in [0.15, 0.2) is 48.8 Å². The number of anilines is 1. The molecule has 2 aromatic heterocycles. The Morgan fingerprint density at radius 3 is 2.81 bits per heavy atom. The van der Waals surface area contributed by atoms with E-state index in [0.717, 1.165) is 30.5 Å². The van der Waals surface area contributed by atoms with E-state index in [9.17, 15) is 18.4 Å². The van der Waals surface area contributed by atoms with E-state index in [1.54, 1.807) is 18.3 Å². The molecule has 0 bridgehead atoms. The van der Waals surface area contributed by atoms with Gasteiger partial charge in [-0.25, -0.2) is 4.98 Å². The Bertz CT molecular complexity index is 1150. The molecule has 9 heteroatoms. The molecule has 4 heterocycles. The van der Waals surface area contributed by atoms with Gasteiger partial charge in [0, 0.05) is 31.0 Å². The fraction of sp³-hybridized carbons (Fsp3) is 0.364. The number of fused-ring (bicyclic) bond motifs is 2. The van der Waals surface area contributed by atoms with Gasteiger partial charge in [0.25, 0.3) is 0 Å². The van der Waals surface area contributed by atoms with Gasteiger partial charge in [-0.15, -0.1) is 0 Å². The molecule has 0 spiro atoms. The summed E-state index contributed by atoms with van der Waals surface area (Å²) in [5.74, 6) is 0.724. The van der Waals surface area contributed by atoms with Crippen molar-refractivity contribution in [2.75, 3.05) is 25.0 Å². The normalized spacial score (nSPS) is 23.9. The number of hydrogen-bond donors (Lipinski definition) is 1. The maximum absolute atomic E-state index is 13.2. The molecule has 2 aliphatic rings. The maximum Gasteiger partial charge on any atom is 0.434 e. The van der Waals surface area contributed by atoms with Gasteiger partial charge in [0.1, 0.15) is 12.4 Å². The van der Waals surface area contributed by atoms with E-state index in [1.807, 2.05) is 24.3 Å². The number of halogens is 3. The highest BCUT2D eigenvalue weighted by Gasteiger charge is 2.39. The molecule has 31 heavy (non-hydrogen) atoms. The van der Waals surface area contributed by atoms with Crippen molar-refractivity contribution in [1.82, 2.24) is 14.3 Å². The Kier molecular flexibility index (Phi) is 4.74. The molecule has 1 aromatic carbocycles. The zero-order valence-electron chi connectivity index (χ0n) is 16.5. The smallest absolute Gasteiger partial charge is 0.434 e. The van der Waals surface area contributed by atoms with Gasteiger partial charge < -0.3 is 14.5 Å². The Morgan fingerprint density at radius 1 is 1.19 bits per heavy atom. The van der Waals surface area contributed by atoms with Crippen LogP contribution in [0, 0.1) is 17.2 Å². The van der Waals surface area contributed by atoms with Crippen molar-refractivity contribution in [3.8, 4) is 11.8 Å². The Labute approximate surface area is 176 Å². The fourth-order valence-corrected chi connectivity index (χ4v) is 4.46. The minimum absolute atomic E-state index is 0.0251. The largest absolute Gasteiger partial charge is 0.491 e. The molecule has 2 aliphatic heterocycles. The van der Waals surface area contributed by atoms with Crippen molar-refractivity contribution >= 4 is 11.3 Å². The van der Waals surface area contributed by atoms with Crippen LogP contribution in [-0.4, -0.2) is 40.0 Å². The fourth-order valence-electron chi connectivity index (χ4n) is 4.46. The Hall–Kier alpha value is -3.25. The second-order valence-corrected chi connectivity index (χ2v) is 7.92. The van der Waals surface area contributed by atoms with Crippen LogP contribution in [0.25, 0.3) is 5.65 Å². The number of benzene rings is 1. The number of nitrogens with one attached hydrogen (secondary N) is 1. The van der Waals surface area contributed by atoms with Crippen LogP contribution >= 0.6 is 0 Å². The summed E-state index contributed by atoms with van der Waals surface area (Å²) >= 11 is 0. The third-order valence-corrected chi connectivity index (χ3v) is 6.00. The SMILES string of the molecule is N#C[C@H]1CCN([C@H]2COc3ccccc3[C@@H]2Nc2cccn3cc(C(F)(F)F)nc23)C1. The van der Waals surface area contributed by atoms with Gasteiger partial charge in [0.2, 0.25) is 0 Å². The zero-order valence-corrected chi connectivity index (χ0v) is 16.5. The predicted octanol–water partition coefficient (Wildman–Crippen LogP) is 4.11. The molecule has 0 unspecified atom stereocenters. The number of imidazole rings is 1. The second kappa shape index (κ2) is 7.46. The van der Waals surface area contributed by atoms with Crippen LogP contribution in [-0.2, 0) is 6.18 Å². The summed E-state index contributed by atoms with van der Waals surface area (Å²) in [4.78, 5) is 6.07. The first kappa shape index (κ1) is 19.7. The minimum atomic E-state index is -4.51. The molecule has 3 atom stereocenters. The van der Waals surface area contributed by atoms with Crippen LogP contribution in [0.2, 0.25) is 0 Å². The number of nitriles is 1. The average molecular weight is 427 g/mol. The average Bonchev–Trinajstić information content (AvgIpc) is 3.41. The van der Waals surface area contributed by atoms with Gasteiger partial charge >= 0.3 is 6.18 Å². The van der Waals surface area contributed by atoms with E-state index >= 15 is 0 Å². The monoisotopic (exact) mass is 427 g/mol. The number of aromatic nitrogens is 2. The molecule has 0 amide bonds. The van der Waals surface area contributed by atoms with Gasteiger partial charge in [-0.2, -0.15) is 18.4 Å². The summed E-state index contributed by atoms with van der Waals surface area (Å²) in [6, 6.07) is 13.1. The van der Waals surface area contributed by atoms with Crippen LogP contribution < -0.4 is 10.1 Å². The third-order valence-electron chi connectivity index (χ3n) is 6.00. The molecule has 160 valence electrons. The summed E-state index contributed by atoms with van der Waals surface area (Å²) in [6.45, 7) is 1.85. The molecule has 0 saturated carbocycles. The summed E-state index contributed by atoms with van der Waals surface area (Å²) in [7, 11) is 0. The van der Waals surface area contributed by atoms with Gasteiger partial charge in [0.05, 0.1) is 29.8 Å². The first-order valence-electron chi connectivity index (χ1n) is 10.1. The second-order valence-electron chi connectivity index (χ2n) is 7.92. The van der Waals surface area contributed by atoms with E-state index in [4.69, 9.17) is 4.74 Å². The van der Waals surface area contributed by atoms with E-state index in [2.05, 4.69) is 21.3 Å². The van der Waals surface area contributed by atoms with Crippen molar-refractivity contribution in [2.45, 2.75) is 24.7 Å². The number of rotatable bonds is 3. The van der Waals surface area contributed by atoms with Crippen LogP contribution in [0.4, 0.5) is 18.9 Å². The summed E-state index contributed by atoms with van der Waals surface area (Å²) in [5, 5.41) is 12.8. The van der Waals surface area contributed by atoms with Crippen molar-refractivity contribution in [3.05, 3.63) is 60.0 Å². The van der Waals surface area contributed by atoms with E-state index in [0.29, 0.717) is 18.8 Å². The molecule has 5 rings (SSSR count). The highest BCUT2D eigenvalue weighted by Crippen LogP contribution is 2.39. The molecular formula is C22H20F3N5O. The van der Waals surface area contributed by atoms with E-state index in [-0.39, 0.29) is 23.6 Å². The molecule has 1 fully saturated rings. The van der Waals surface area contributed by atoms with E-state index in [1.165, 1.54) is 4.40 Å². The number of likely N-dealkylation sites (tertiary alicyclic amines) is 1. The molecule has 0 radical (unpaired) electrons. The van der Waals surface area contributed by atoms with Crippen LogP contribution in [0.5, 0.6) is 5.75 Å². The molecule has 1 N–H and O–H groups in total. The maximum atomic E-state index is 13.2. The van der Waals surface area contributed by atoms with Crippen molar-refractivity contribution in [1.29, 1.82) is 5.26 Å². The summed E-state index contributed by atoms with van der Waals surface area (Å²) < 4.78 is 47.0. The zero-order chi connectivity index (χ0) is 21.6. The topological polar surface area (TPSA) is 65.6 Å². The quantitative estimate of drug-likeness (QED) is 0.682. The summed E-state index contributed by atoms with van der Waals surface area (Å²) in [5.41, 5.74) is 0.737. The minimum Gasteiger partial charge on any atom is -0.491 e. The van der Waals surface area contributed by atoms with Gasteiger partial charge in [0.15, 0.2) is 11.3 Å². The Balaban J connectivity index is 1.53. The molecule has 3 aromatic rings. The van der Waals surface area contributed by atoms with Gasteiger partial charge in [-0.3, -0.25) is 4.90 Å². The number of hydrogen-bond acceptors (Lipinski definition) is 5. The number of nitrogens with zero attached hydrogens (tertiary/aromatic N) is 4. The molecular weight excluding hydrogens is 407 g/mol. The van der Waals surface area contributed by atoms with Crippen molar-refractivity contribution in [2.24, 2.45) is 5.92 Å². The molecule has 0 aliphatic carbocycles. The first-order chi connectivity index (χ1) is 14.9. The lowest BCUT2D eigenvalue weighted by Crippen LogP contribution is -2.47. The number of pyridine rings is 1. The van der Waals surface area contributed by atoms with E-state index < -0.39 is 11.9 Å². The predicted molar refractivity (Wildman–Crippen MR) is 108 cm³/mol. The standard InChI is InChI=1S/C22H20F3N5O/c23-22(24,25)19-12-30-8-3-5-16(21(30)28-19)27-20-15-4-1-2-6-18(15)31-13-17(20)29-9-7-14(10-26)11-29/h1-6,8,12,14,17,20,27H,7,9,11,13H2/t14-,17+,20+/m1/s1. The number of alkyl halides is 3. The highest BCUT2D eigenvalue weighted by molar-refractivity contribution is 5.69. The van der Waals surface area contributed by atoms with Gasteiger partial charge in [-0.05, 0) is 24.6 Å². The Morgan fingerprint density at radius 2 is 2.03 bits per heavy atom. The lowest BCUT2D eigenvalue weighted by atomic mass is 9.94. The molecule has 1 saturated heterocycles. The first-order valence-corrected chi connectivity index (χ1v) is 10.1. The number of para-hydroxylation sites is 1. The van der Waals surface area contributed by atoms with Crippen molar-refractivity contribution in [3.63, 3.8) is 0 Å². The highest BCUT2D eigenvalue weighted by atomic mass is 19.4.